The number of anilines is 1. The Bertz CT molecular complexity index is 361. The van der Waals surface area contributed by atoms with E-state index in [0.29, 0.717) is 17.4 Å². The van der Waals surface area contributed by atoms with Crippen LogP contribution >= 0.6 is 23.2 Å². The maximum atomic E-state index is 9.45. The number of rotatable bonds is 6. The fourth-order valence-corrected chi connectivity index (χ4v) is 1.81. The highest BCUT2D eigenvalue weighted by molar-refractivity contribution is 6.33. The molecule has 0 aliphatic carbocycles. The molecule has 0 atom stereocenters. The molecule has 0 saturated heterocycles. The molecule has 0 aromatic carbocycles. The van der Waals surface area contributed by atoms with E-state index in [9.17, 15) is 5.11 Å². The molecular formula is C11H17Cl2N3O. The van der Waals surface area contributed by atoms with Crippen LogP contribution in [-0.2, 0) is 0 Å². The minimum atomic E-state index is -0.152. The molecule has 0 amide bonds. The van der Waals surface area contributed by atoms with Gasteiger partial charge in [0.05, 0.1) is 12.8 Å². The third-order valence-electron chi connectivity index (χ3n) is 3.18. The quantitative estimate of drug-likeness (QED) is 0.785. The zero-order chi connectivity index (χ0) is 12.9. The fourth-order valence-electron chi connectivity index (χ4n) is 1.52. The second kappa shape index (κ2) is 6.38. The molecule has 1 rings (SSSR count). The number of aliphatic hydroxyl groups excluding tert-OH is 1. The standard InChI is InChI=1S/C11H17Cl2N3O/c1-3-11(4-2,7-17)6-15-9-8(12)5-14-10(13)16-9/h5,17H,3-4,6-7H2,1-2H3,(H,14,15,16). The van der Waals surface area contributed by atoms with Crippen molar-refractivity contribution >= 4 is 29.0 Å². The minimum Gasteiger partial charge on any atom is -0.396 e. The third kappa shape index (κ3) is 3.69. The summed E-state index contributed by atoms with van der Waals surface area (Å²) in [6, 6.07) is 0. The van der Waals surface area contributed by atoms with Crippen LogP contribution < -0.4 is 5.32 Å². The number of hydrogen-bond donors (Lipinski definition) is 2. The first kappa shape index (κ1) is 14.5. The van der Waals surface area contributed by atoms with Crippen molar-refractivity contribution in [2.24, 2.45) is 5.41 Å². The summed E-state index contributed by atoms with van der Waals surface area (Å²) in [6.45, 7) is 4.83. The molecule has 0 bridgehead atoms. The molecule has 0 spiro atoms. The average molecular weight is 278 g/mol. The average Bonchev–Trinajstić information content (AvgIpc) is 2.35. The van der Waals surface area contributed by atoms with Gasteiger partial charge in [0, 0.05) is 12.0 Å². The molecule has 1 aromatic rings. The lowest BCUT2D eigenvalue weighted by molar-refractivity contribution is 0.127. The summed E-state index contributed by atoms with van der Waals surface area (Å²) in [5.41, 5.74) is -0.152. The second-order valence-electron chi connectivity index (χ2n) is 4.05. The van der Waals surface area contributed by atoms with Crippen LogP contribution in [0, 0.1) is 5.41 Å². The Hall–Kier alpha value is -0.580. The lowest BCUT2D eigenvalue weighted by atomic mass is 9.83. The Balaban J connectivity index is 2.75. The normalized spacial score (nSPS) is 11.6. The smallest absolute Gasteiger partial charge is 0.224 e. The van der Waals surface area contributed by atoms with Crippen LogP contribution in [0.5, 0.6) is 0 Å². The van der Waals surface area contributed by atoms with Gasteiger partial charge in [-0.25, -0.2) is 4.98 Å². The van der Waals surface area contributed by atoms with Crippen LogP contribution in [0.3, 0.4) is 0 Å². The van der Waals surface area contributed by atoms with E-state index in [2.05, 4.69) is 29.1 Å². The van der Waals surface area contributed by atoms with Crippen molar-refractivity contribution in [3.63, 3.8) is 0 Å². The number of aliphatic hydroxyl groups is 1. The van der Waals surface area contributed by atoms with Crippen molar-refractivity contribution in [3.8, 4) is 0 Å². The van der Waals surface area contributed by atoms with E-state index >= 15 is 0 Å². The largest absolute Gasteiger partial charge is 0.396 e. The molecule has 0 saturated carbocycles. The van der Waals surface area contributed by atoms with E-state index in [-0.39, 0.29) is 17.3 Å². The van der Waals surface area contributed by atoms with Crippen LogP contribution in [0.2, 0.25) is 10.3 Å². The SMILES string of the molecule is CCC(CC)(CO)CNc1nc(Cl)ncc1Cl. The molecule has 0 aliphatic heterocycles. The molecule has 0 fully saturated rings. The first-order valence-corrected chi connectivity index (χ1v) is 6.35. The van der Waals surface area contributed by atoms with Gasteiger partial charge in [-0.15, -0.1) is 0 Å². The molecule has 1 heterocycles. The van der Waals surface area contributed by atoms with Crippen molar-refractivity contribution in [3.05, 3.63) is 16.5 Å². The van der Waals surface area contributed by atoms with Gasteiger partial charge in [0.1, 0.15) is 10.8 Å². The summed E-state index contributed by atoms with van der Waals surface area (Å²) in [6.07, 6.45) is 3.21. The van der Waals surface area contributed by atoms with Gasteiger partial charge >= 0.3 is 0 Å². The van der Waals surface area contributed by atoms with Crippen LogP contribution in [-0.4, -0.2) is 28.2 Å². The minimum absolute atomic E-state index is 0.128. The predicted molar refractivity (Wildman–Crippen MR) is 70.6 cm³/mol. The van der Waals surface area contributed by atoms with Crippen molar-refractivity contribution < 1.29 is 5.11 Å². The van der Waals surface area contributed by atoms with Crippen LogP contribution in [0.15, 0.2) is 6.20 Å². The lowest BCUT2D eigenvalue weighted by Gasteiger charge is -2.29. The van der Waals surface area contributed by atoms with Gasteiger partial charge in [-0.2, -0.15) is 4.98 Å². The van der Waals surface area contributed by atoms with Gasteiger partial charge in [0.2, 0.25) is 5.28 Å². The summed E-state index contributed by atoms with van der Waals surface area (Å²) in [7, 11) is 0. The highest BCUT2D eigenvalue weighted by atomic mass is 35.5. The summed E-state index contributed by atoms with van der Waals surface area (Å²) >= 11 is 11.6. The number of hydrogen-bond acceptors (Lipinski definition) is 4. The van der Waals surface area contributed by atoms with Gasteiger partial charge in [-0.3, -0.25) is 0 Å². The van der Waals surface area contributed by atoms with E-state index in [0.717, 1.165) is 12.8 Å². The van der Waals surface area contributed by atoms with Crippen molar-refractivity contribution in [2.75, 3.05) is 18.5 Å². The second-order valence-corrected chi connectivity index (χ2v) is 4.80. The Morgan fingerprint density at radius 1 is 1.35 bits per heavy atom. The summed E-state index contributed by atoms with van der Waals surface area (Å²) in [4.78, 5) is 7.79. The van der Waals surface area contributed by atoms with Gasteiger partial charge in [0.25, 0.3) is 0 Å². The third-order valence-corrected chi connectivity index (χ3v) is 3.64. The van der Waals surface area contributed by atoms with Gasteiger partial charge in [-0.05, 0) is 24.4 Å². The maximum Gasteiger partial charge on any atom is 0.224 e. The Morgan fingerprint density at radius 2 is 2.00 bits per heavy atom. The molecule has 1 aromatic heterocycles. The molecule has 0 unspecified atom stereocenters. The van der Waals surface area contributed by atoms with Crippen LogP contribution in [0.4, 0.5) is 5.82 Å². The zero-order valence-electron chi connectivity index (χ0n) is 10.0. The van der Waals surface area contributed by atoms with Crippen molar-refractivity contribution in [1.29, 1.82) is 0 Å². The van der Waals surface area contributed by atoms with Gasteiger partial charge in [-0.1, -0.05) is 25.4 Å². The topological polar surface area (TPSA) is 58.0 Å². The molecule has 4 nitrogen and oxygen atoms in total. The predicted octanol–water partition coefficient (Wildman–Crippen LogP) is 2.99. The van der Waals surface area contributed by atoms with Crippen LogP contribution in [0.1, 0.15) is 26.7 Å². The molecule has 2 N–H and O–H groups in total. The molecule has 0 radical (unpaired) electrons. The van der Waals surface area contributed by atoms with Gasteiger partial charge < -0.3 is 10.4 Å². The Kier molecular flexibility index (Phi) is 5.43. The summed E-state index contributed by atoms with van der Waals surface area (Å²) < 4.78 is 0. The van der Waals surface area contributed by atoms with Crippen LogP contribution in [0.25, 0.3) is 0 Å². The molecule has 0 aliphatic rings. The Morgan fingerprint density at radius 3 is 2.53 bits per heavy atom. The summed E-state index contributed by atoms with van der Waals surface area (Å²) in [5.74, 6) is 0.506. The molecular weight excluding hydrogens is 261 g/mol. The van der Waals surface area contributed by atoms with E-state index < -0.39 is 0 Å². The van der Waals surface area contributed by atoms with E-state index in [1.54, 1.807) is 0 Å². The molecule has 6 heteroatoms. The monoisotopic (exact) mass is 277 g/mol. The summed E-state index contributed by atoms with van der Waals surface area (Å²) in [5, 5.41) is 13.1. The van der Waals surface area contributed by atoms with E-state index in [1.807, 2.05) is 0 Å². The van der Waals surface area contributed by atoms with Crippen molar-refractivity contribution in [1.82, 2.24) is 9.97 Å². The maximum absolute atomic E-state index is 9.45. The van der Waals surface area contributed by atoms with E-state index in [1.165, 1.54) is 6.20 Å². The van der Waals surface area contributed by atoms with Gasteiger partial charge in [0.15, 0.2) is 0 Å². The Labute approximate surface area is 111 Å². The lowest BCUT2D eigenvalue weighted by Crippen LogP contribution is -2.32. The number of aromatic nitrogens is 2. The highest BCUT2D eigenvalue weighted by Gasteiger charge is 2.25. The zero-order valence-corrected chi connectivity index (χ0v) is 11.5. The van der Waals surface area contributed by atoms with E-state index in [4.69, 9.17) is 23.2 Å². The first-order chi connectivity index (χ1) is 8.06. The number of nitrogens with one attached hydrogen (secondary N) is 1. The fraction of sp³-hybridized carbons (Fsp3) is 0.636. The highest BCUT2D eigenvalue weighted by Crippen LogP contribution is 2.27. The number of halogens is 2. The number of nitrogens with zero attached hydrogens (tertiary/aromatic N) is 2. The van der Waals surface area contributed by atoms with Crippen molar-refractivity contribution in [2.45, 2.75) is 26.7 Å². The molecule has 17 heavy (non-hydrogen) atoms. The first-order valence-electron chi connectivity index (χ1n) is 5.59. The molecule has 96 valence electrons.